The molecule has 1 aliphatic rings. The molecule has 3 aromatic carbocycles. The molecule has 0 bridgehead atoms. The first-order chi connectivity index (χ1) is 9.42. The van der Waals surface area contributed by atoms with Crippen LogP contribution < -0.4 is 0 Å². The van der Waals surface area contributed by atoms with Gasteiger partial charge in [-0.05, 0) is 28.0 Å². The molecule has 2 atom stereocenters. The topological polar surface area (TPSA) is 12.5 Å². The van der Waals surface area contributed by atoms with Gasteiger partial charge in [0.05, 0.1) is 0 Å². The van der Waals surface area contributed by atoms with E-state index in [4.69, 9.17) is 4.74 Å². The molecular weight excluding hydrogens is 232 g/mol. The molecule has 0 N–H and O–H groups in total. The molecule has 0 aliphatic carbocycles. The molecule has 0 radical (unpaired) electrons. The number of ether oxygens (including phenoxy) is 1. The largest absolute Gasteiger partial charge is 0.359 e. The van der Waals surface area contributed by atoms with Crippen LogP contribution in [0.15, 0.2) is 72.8 Å². The van der Waals surface area contributed by atoms with Gasteiger partial charge in [0.15, 0.2) is 0 Å². The highest BCUT2D eigenvalue weighted by Crippen LogP contribution is 2.51. The van der Waals surface area contributed by atoms with E-state index in [1.54, 1.807) is 0 Å². The van der Waals surface area contributed by atoms with Gasteiger partial charge in [0, 0.05) is 0 Å². The Morgan fingerprint density at radius 1 is 0.579 bits per heavy atom. The van der Waals surface area contributed by atoms with Crippen molar-refractivity contribution in [1.82, 2.24) is 0 Å². The molecule has 0 amide bonds. The summed E-state index contributed by atoms with van der Waals surface area (Å²) in [7, 11) is 0. The van der Waals surface area contributed by atoms with E-state index in [1.165, 1.54) is 21.9 Å². The molecule has 1 aliphatic heterocycles. The summed E-state index contributed by atoms with van der Waals surface area (Å²) in [6.07, 6.45) is 0.439. The maximum Gasteiger partial charge on any atom is 0.114 e. The first-order valence-corrected chi connectivity index (χ1v) is 6.61. The van der Waals surface area contributed by atoms with Crippen molar-refractivity contribution >= 4 is 10.8 Å². The van der Waals surface area contributed by atoms with E-state index in [-0.39, 0.29) is 12.2 Å². The fourth-order valence-corrected chi connectivity index (χ4v) is 2.65. The summed E-state index contributed by atoms with van der Waals surface area (Å²) in [5.41, 5.74) is 2.54. The minimum atomic E-state index is 0.215. The highest BCUT2D eigenvalue weighted by atomic mass is 16.6. The van der Waals surface area contributed by atoms with Crippen molar-refractivity contribution in [2.45, 2.75) is 12.2 Å². The third kappa shape index (κ3) is 1.92. The van der Waals surface area contributed by atoms with Crippen LogP contribution in [0.4, 0.5) is 0 Å². The lowest BCUT2D eigenvalue weighted by atomic mass is 10.0. The summed E-state index contributed by atoms with van der Waals surface area (Å²) in [5.74, 6) is 0. The van der Waals surface area contributed by atoms with Gasteiger partial charge in [-0.2, -0.15) is 0 Å². The zero-order valence-electron chi connectivity index (χ0n) is 10.5. The van der Waals surface area contributed by atoms with Crippen LogP contribution in [0.2, 0.25) is 0 Å². The van der Waals surface area contributed by atoms with Gasteiger partial charge >= 0.3 is 0 Å². The van der Waals surface area contributed by atoms with Crippen molar-refractivity contribution in [1.29, 1.82) is 0 Å². The van der Waals surface area contributed by atoms with Crippen LogP contribution >= 0.6 is 0 Å². The number of rotatable bonds is 2. The maximum atomic E-state index is 5.84. The van der Waals surface area contributed by atoms with Crippen LogP contribution in [0.5, 0.6) is 0 Å². The summed E-state index contributed by atoms with van der Waals surface area (Å²) < 4.78 is 5.84. The maximum absolute atomic E-state index is 5.84. The lowest BCUT2D eigenvalue weighted by Gasteiger charge is -2.01. The predicted octanol–water partition coefficient (Wildman–Crippen LogP) is 4.65. The monoisotopic (exact) mass is 246 g/mol. The van der Waals surface area contributed by atoms with Gasteiger partial charge in [-0.3, -0.25) is 0 Å². The lowest BCUT2D eigenvalue weighted by molar-refractivity contribution is 0.378. The average molecular weight is 246 g/mol. The molecule has 92 valence electrons. The molecule has 1 heterocycles. The second-order valence-electron chi connectivity index (χ2n) is 4.99. The summed E-state index contributed by atoms with van der Waals surface area (Å²) >= 11 is 0. The van der Waals surface area contributed by atoms with Crippen LogP contribution in [0.3, 0.4) is 0 Å². The van der Waals surface area contributed by atoms with Gasteiger partial charge in [-0.1, -0.05) is 66.7 Å². The second kappa shape index (κ2) is 4.22. The lowest BCUT2D eigenvalue weighted by Crippen LogP contribution is -1.84. The van der Waals surface area contributed by atoms with Crippen molar-refractivity contribution in [2.75, 3.05) is 0 Å². The van der Waals surface area contributed by atoms with E-state index in [1.807, 2.05) is 6.07 Å². The number of hydrogen-bond donors (Lipinski definition) is 0. The molecule has 0 unspecified atom stereocenters. The van der Waals surface area contributed by atoms with Gasteiger partial charge < -0.3 is 4.74 Å². The van der Waals surface area contributed by atoms with Gasteiger partial charge in [0.2, 0.25) is 0 Å². The standard InChI is InChI=1S/C18H14O/c1-2-7-14(8-3-1)17-18(19-17)16-11-10-13-6-4-5-9-15(13)12-16/h1-12,17-18H/t17-,18+/m1/s1. The molecule has 1 saturated heterocycles. The molecule has 4 rings (SSSR count). The zero-order chi connectivity index (χ0) is 12.7. The van der Waals surface area contributed by atoms with Crippen molar-refractivity contribution in [2.24, 2.45) is 0 Å². The summed E-state index contributed by atoms with van der Waals surface area (Å²) in [5, 5.41) is 2.56. The SMILES string of the molecule is c1ccc([C@H]2O[C@H]2c2ccc3ccccc3c2)cc1. The molecule has 0 aromatic heterocycles. The Morgan fingerprint density at radius 3 is 2.11 bits per heavy atom. The third-order valence-electron chi connectivity index (χ3n) is 3.72. The van der Waals surface area contributed by atoms with E-state index in [0.29, 0.717) is 0 Å². The number of fused-ring (bicyclic) bond motifs is 1. The van der Waals surface area contributed by atoms with E-state index in [9.17, 15) is 0 Å². The quantitative estimate of drug-likeness (QED) is 0.599. The predicted molar refractivity (Wildman–Crippen MR) is 77.0 cm³/mol. The van der Waals surface area contributed by atoms with E-state index < -0.39 is 0 Å². The van der Waals surface area contributed by atoms with Crippen molar-refractivity contribution in [3.63, 3.8) is 0 Å². The minimum absolute atomic E-state index is 0.215. The van der Waals surface area contributed by atoms with Gasteiger partial charge in [-0.15, -0.1) is 0 Å². The highest BCUT2D eigenvalue weighted by molar-refractivity contribution is 5.83. The fourth-order valence-electron chi connectivity index (χ4n) is 2.65. The first kappa shape index (κ1) is 10.8. The fraction of sp³-hybridized carbons (Fsp3) is 0.111. The molecule has 0 spiro atoms. The van der Waals surface area contributed by atoms with E-state index in [2.05, 4.69) is 66.7 Å². The Bertz CT molecular complexity index is 718. The molecule has 19 heavy (non-hydrogen) atoms. The van der Waals surface area contributed by atoms with Crippen LogP contribution in [-0.2, 0) is 4.74 Å². The summed E-state index contributed by atoms with van der Waals surface area (Å²) in [6.45, 7) is 0. The first-order valence-electron chi connectivity index (χ1n) is 6.61. The van der Waals surface area contributed by atoms with Crippen molar-refractivity contribution in [3.8, 4) is 0 Å². The van der Waals surface area contributed by atoms with Gasteiger partial charge in [-0.25, -0.2) is 0 Å². The van der Waals surface area contributed by atoms with Crippen LogP contribution in [0.1, 0.15) is 23.3 Å². The molecule has 3 aromatic rings. The Labute approximate surface area is 112 Å². The smallest absolute Gasteiger partial charge is 0.114 e. The van der Waals surface area contributed by atoms with Crippen LogP contribution in [0.25, 0.3) is 10.8 Å². The number of epoxide rings is 1. The van der Waals surface area contributed by atoms with E-state index in [0.717, 1.165) is 0 Å². The Hall–Kier alpha value is -2.12. The van der Waals surface area contributed by atoms with Gasteiger partial charge in [0.1, 0.15) is 12.2 Å². The number of benzene rings is 3. The van der Waals surface area contributed by atoms with Crippen molar-refractivity contribution in [3.05, 3.63) is 83.9 Å². The average Bonchev–Trinajstić information content (AvgIpc) is 3.28. The normalized spacial score (nSPS) is 21.5. The zero-order valence-corrected chi connectivity index (χ0v) is 10.5. The Balaban J connectivity index is 1.66. The highest BCUT2D eigenvalue weighted by Gasteiger charge is 2.41. The van der Waals surface area contributed by atoms with E-state index >= 15 is 0 Å². The molecule has 1 nitrogen and oxygen atoms in total. The third-order valence-corrected chi connectivity index (χ3v) is 3.72. The molecule has 0 saturated carbocycles. The molecule has 1 heteroatoms. The van der Waals surface area contributed by atoms with Crippen LogP contribution in [0, 0.1) is 0 Å². The molecular formula is C18H14O. The Morgan fingerprint density at radius 2 is 1.26 bits per heavy atom. The second-order valence-corrected chi connectivity index (χ2v) is 4.99. The number of hydrogen-bond acceptors (Lipinski definition) is 1. The minimum Gasteiger partial charge on any atom is -0.359 e. The van der Waals surface area contributed by atoms with Crippen LogP contribution in [-0.4, -0.2) is 0 Å². The Kier molecular flexibility index (Phi) is 2.39. The molecule has 1 fully saturated rings. The van der Waals surface area contributed by atoms with Gasteiger partial charge in [0.25, 0.3) is 0 Å². The summed E-state index contributed by atoms with van der Waals surface area (Å²) in [6, 6.07) is 25.5. The summed E-state index contributed by atoms with van der Waals surface area (Å²) in [4.78, 5) is 0. The van der Waals surface area contributed by atoms with Crippen molar-refractivity contribution < 1.29 is 4.74 Å².